The Bertz CT molecular complexity index is 920. The number of esters is 1. The van der Waals surface area contributed by atoms with E-state index in [2.05, 4.69) is 10.6 Å². The van der Waals surface area contributed by atoms with Crippen molar-refractivity contribution in [2.24, 2.45) is 0 Å². The number of nitrogens with one attached hydrogen (secondary N) is 2. The van der Waals surface area contributed by atoms with Gasteiger partial charge in [0.2, 0.25) is 0 Å². The van der Waals surface area contributed by atoms with Gasteiger partial charge in [0.05, 0.1) is 5.56 Å². The molecule has 0 aliphatic rings. The van der Waals surface area contributed by atoms with E-state index >= 15 is 0 Å². The van der Waals surface area contributed by atoms with E-state index in [9.17, 15) is 27.6 Å². The maximum atomic E-state index is 12.6. The Balaban J connectivity index is 1.84. The van der Waals surface area contributed by atoms with Gasteiger partial charge in [-0.25, -0.2) is 0 Å². The number of aryl methyl sites for hydroxylation is 2. The van der Waals surface area contributed by atoms with Crippen LogP contribution in [0.15, 0.2) is 42.5 Å². The maximum absolute atomic E-state index is 12.6. The summed E-state index contributed by atoms with van der Waals surface area (Å²) in [6, 6.07) is 9.10. The van der Waals surface area contributed by atoms with Crippen LogP contribution in [0.5, 0.6) is 0 Å². The molecule has 2 N–H and O–H groups in total. The minimum Gasteiger partial charge on any atom is -0.451 e. The summed E-state index contributed by atoms with van der Waals surface area (Å²) in [4.78, 5) is 36.1. The molecule has 0 fully saturated rings. The molecule has 2 rings (SSSR count). The van der Waals surface area contributed by atoms with Crippen molar-refractivity contribution in [2.75, 3.05) is 11.9 Å². The molecule has 2 aromatic carbocycles. The van der Waals surface area contributed by atoms with Crippen LogP contribution in [0.25, 0.3) is 0 Å². The molecule has 160 valence electrons. The number of benzene rings is 2. The predicted octanol–water partition coefficient (Wildman–Crippen LogP) is 3.62. The molecule has 0 saturated carbocycles. The van der Waals surface area contributed by atoms with Crippen LogP contribution in [0.4, 0.5) is 18.9 Å². The number of hydrogen-bond acceptors (Lipinski definition) is 4. The van der Waals surface area contributed by atoms with Crippen LogP contribution in [0.1, 0.15) is 34.0 Å². The number of carbonyl (C=O) groups excluding carboxylic acids is 3. The number of halogens is 3. The third kappa shape index (κ3) is 6.61. The highest BCUT2D eigenvalue weighted by molar-refractivity contribution is 5.97. The summed E-state index contributed by atoms with van der Waals surface area (Å²) in [6.45, 7) is 4.55. The lowest BCUT2D eigenvalue weighted by molar-refractivity contribution is -0.152. The van der Waals surface area contributed by atoms with Gasteiger partial charge < -0.3 is 15.4 Å². The lowest BCUT2D eigenvalue weighted by Gasteiger charge is -2.14. The van der Waals surface area contributed by atoms with Gasteiger partial charge in [0.1, 0.15) is 6.54 Å². The second-order valence-electron chi connectivity index (χ2n) is 6.76. The summed E-state index contributed by atoms with van der Waals surface area (Å²) in [5.41, 5.74) is 1.47. The number of amides is 2. The Morgan fingerprint density at radius 2 is 1.57 bits per heavy atom. The maximum Gasteiger partial charge on any atom is 0.416 e. The topological polar surface area (TPSA) is 84.5 Å². The van der Waals surface area contributed by atoms with Crippen LogP contribution in [-0.2, 0) is 20.5 Å². The van der Waals surface area contributed by atoms with E-state index < -0.39 is 42.2 Å². The molecule has 0 heterocycles. The first kappa shape index (κ1) is 22.9. The SMILES string of the molecule is Cc1cc(C)cc(C(=O)NCC(=O)OC(C)C(=O)Nc2ccc(C(F)(F)F)cc2)c1. The van der Waals surface area contributed by atoms with Crippen molar-refractivity contribution >= 4 is 23.5 Å². The first-order valence-electron chi connectivity index (χ1n) is 9.00. The fourth-order valence-corrected chi connectivity index (χ4v) is 2.64. The second-order valence-corrected chi connectivity index (χ2v) is 6.76. The van der Waals surface area contributed by atoms with Crippen molar-refractivity contribution in [1.82, 2.24) is 5.32 Å². The number of alkyl halides is 3. The molecule has 0 radical (unpaired) electrons. The van der Waals surface area contributed by atoms with Crippen LogP contribution in [0, 0.1) is 13.8 Å². The Morgan fingerprint density at radius 3 is 2.10 bits per heavy atom. The standard InChI is InChI=1S/C21H21F3N2O4/c1-12-8-13(2)10-15(9-12)20(29)25-11-18(27)30-14(3)19(28)26-17-6-4-16(5-7-17)21(22,23)24/h4-10,14H,11H2,1-3H3,(H,25,29)(H,26,28). The minimum atomic E-state index is -4.48. The van der Waals surface area contributed by atoms with Crippen LogP contribution in [0.2, 0.25) is 0 Å². The van der Waals surface area contributed by atoms with Crippen LogP contribution in [-0.4, -0.2) is 30.4 Å². The van der Waals surface area contributed by atoms with Gasteiger partial charge in [0.15, 0.2) is 6.10 Å². The van der Waals surface area contributed by atoms with Gasteiger partial charge in [-0.3, -0.25) is 14.4 Å². The largest absolute Gasteiger partial charge is 0.451 e. The molecule has 0 spiro atoms. The first-order chi connectivity index (χ1) is 14.0. The predicted molar refractivity (Wildman–Crippen MR) is 104 cm³/mol. The summed E-state index contributed by atoms with van der Waals surface area (Å²) >= 11 is 0. The molecule has 0 aromatic heterocycles. The Morgan fingerprint density at radius 1 is 1.00 bits per heavy atom. The molecule has 0 bridgehead atoms. The van der Waals surface area contributed by atoms with Crippen molar-refractivity contribution in [2.45, 2.75) is 33.1 Å². The van der Waals surface area contributed by atoms with E-state index in [1.165, 1.54) is 6.92 Å². The molecule has 9 heteroatoms. The number of carbonyl (C=O) groups is 3. The molecule has 6 nitrogen and oxygen atoms in total. The van der Waals surface area contributed by atoms with E-state index in [-0.39, 0.29) is 5.69 Å². The Hall–Kier alpha value is -3.36. The number of rotatable bonds is 6. The summed E-state index contributed by atoms with van der Waals surface area (Å²) in [7, 11) is 0. The van der Waals surface area contributed by atoms with Crippen molar-refractivity contribution in [3.8, 4) is 0 Å². The van der Waals surface area contributed by atoms with Crippen molar-refractivity contribution in [1.29, 1.82) is 0 Å². The quantitative estimate of drug-likeness (QED) is 0.697. The molecule has 0 saturated heterocycles. The lowest BCUT2D eigenvalue weighted by atomic mass is 10.1. The molecular weight excluding hydrogens is 401 g/mol. The van der Waals surface area contributed by atoms with Gasteiger partial charge in [-0.15, -0.1) is 0 Å². The van der Waals surface area contributed by atoms with Crippen LogP contribution in [0.3, 0.4) is 0 Å². The molecule has 0 aliphatic carbocycles. The molecule has 30 heavy (non-hydrogen) atoms. The van der Waals surface area contributed by atoms with Crippen LogP contribution < -0.4 is 10.6 Å². The first-order valence-corrected chi connectivity index (χ1v) is 9.00. The van der Waals surface area contributed by atoms with E-state index in [1.807, 2.05) is 19.9 Å². The summed E-state index contributed by atoms with van der Waals surface area (Å²) in [5, 5.41) is 4.77. The third-order valence-corrected chi connectivity index (χ3v) is 4.03. The summed E-state index contributed by atoms with van der Waals surface area (Å²) in [6.07, 6.45) is -5.69. The van der Waals surface area contributed by atoms with Crippen molar-refractivity contribution in [3.05, 3.63) is 64.7 Å². The molecule has 1 unspecified atom stereocenters. The van der Waals surface area contributed by atoms with Gasteiger partial charge in [0, 0.05) is 11.3 Å². The van der Waals surface area contributed by atoms with Gasteiger partial charge in [-0.2, -0.15) is 13.2 Å². The van der Waals surface area contributed by atoms with Crippen LogP contribution >= 0.6 is 0 Å². The Labute approximate surface area is 171 Å². The smallest absolute Gasteiger partial charge is 0.416 e. The summed E-state index contributed by atoms with van der Waals surface area (Å²) in [5.74, 6) is -2.01. The van der Waals surface area contributed by atoms with Crippen molar-refractivity contribution < 1.29 is 32.3 Å². The zero-order valence-electron chi connectivity index (χ0n) is 16.6. The number of anilines is 1. The van der Waals surface area contributed by atoms with E-state index in [4.69, 9.17) is 4.74 Å². The highest BCUT2D eigenvalue weighted by Crippen LogP contribution is 2.29. The van der Waals surface area contributed by atoms with E-state index in [0.717, 1.165) is 35.4 Å². The highest BCUT2D eigenvalue weighted by Gasteiger charge is 2.30. The van der Waals surface area contributed by atoms with E-state index in [0.29, 0.717) is 5.56 Å². The molecule has 0 aliphatic heterocycles. The zero-order valence-corrected chi connectivity index (χ0v) is 16.6. The number of ether oxygens (including phenoxy) is 1. The average molecular weight is 422 g/mol. The molecule has 1 atom stereocenters. The normalized spacial score (nSPS) is 12.1. The van der Waals surface area contributed by atoms with E-state index in [1.54, 1.807) is 12.1 Å². The van der Waals surface area contributed by atoms with Gasteiger partial charge in [0.25, 0.3) is 11.8 Å². The minimum absolute atomic E-state index is 0.124. The fraction of sp³-hybridized carbons (Fsp3) is 0.286. The Kier molecular flexibility index (Phi) is 7.20. The average Bonchev–Trinajstić information content (AvgIpc) is 2.65. The fourth-order valence-electron chi connectivity index (χ4n) is 2.64. The second kappa shape index (κ2) is 9.43. The van der Waals surface area contributed by atoms with Gasteiger partial charge >= 0.3 is 12.1 Å². The molecule has 2 aromatic rings. The summed E-state index contributed by atoms with van der Waals surface area (Å²) < 4.78 is 42.6. The number of hydrogen-bond donors (Lipinski definition) is 2. The highest BCUT2D eigenvalue weighted by atomic mass is 19.4. The van der Waals surface area contributed by atoms with Gasteiger partial charge in [-0.1, -0.05) is 17.2 Å². The van der Waals surface area contributed by atoms with Crippen molar-refractivity contribution in [3.63, 3.8) is 0 Å². The molecular formula is C21H21F3N2O4. The molecule has 2 amide bonds. The monoisotopic (exact) mass is 422 g/mol. The third-order valence-electron chi connectivity index (χ3n) is 4.03. The zero-order chi connectivity index (χ0) is 22.5. The van der Waals surface area contributed by atoms with Gasteiger partial charge in [-0.05, 0) is 57.2 Å². The lowest BCUT2D eigenvalue weighted by Crippen LogP contribution is -2.35.